The molecule has 1 atom stereocenters. The summed E-state index contributed by atoms with van der Waals surface area (Å²) in [7, 11) is 1.67. The second-order valence-electron chi connectivity index (χ2n) is 8.44. The van der Waals surface area contributed by atoms with Gasteiger partial charge in [0.15, 0.2) is 5.82 Å². The number of tetrazole rings is 1. The van der Waals surface area contributed by atoms with Gasteiger partial charge in [-0.1, -0.05) is 32.4 Å². The van der Waals surface area contributed by atoms with E-state index < -0.39 is 0 Å². The summed E-state index contributed by atoms with van der Waals surface area (Å²) < 4.78 is 7.08. The van der Waals surface area contributed by atoms with E-state index in [1.165, 1.54) is 10.4 Å². The number of hydrogen-bond acceptors (Lipinski definition) is 7. The van der Waals surface area contributed by atoms with Gasteiger partial charge in [0, 0.05) is 36.2 Å². The highest BCUT2D eigenvalue weighted by Gasteiger charge is 2.27. The van der Waals surface area contributed by atoms with Gasteiger partial charge in [0.25, 0.3) is 5.56 Å². The number of rotatable bonds is 12. The van der Waals surface area contributed by atoms with Crippen LogP contribution in [0.4, 0.5) is 0 Å². The van der Waals surface area contributed by atoms with Crippen LogP contribution in [0, 0.1) is 0 Å². The van der Waals surface area contributed by atoms with Gasteiger partial charge in [0.05, 0.1) is 19.2 Å². The van der Waals surface area contributed by atoms with Crippen molar-refractivity contribution in [2.75, 3.05) is 13.7 Å². The van der Waals surface area contributed by atoms with Crippen molar-refractivity contribution in [2.45, 2.75) is 58.8 Å². The second kappa shape index (κ2) is 11.5. The van der Waals surface area contributed by atoms with Crippen LogP contribution in [-0.4, -0.2) is 43.8 Å². The van der Waals surface area contributed by atoms with E-state index in [0.29, 0.717) is 26.2 Å². The average molecular weight is 481 g/mol. The highest BCUT2D eigenvalue weighted by Crippen LogP contribution is 2.29. The number of benzene rings is 1. The van der Waals surface area contributed by atoms with E-state index in [1.54, 1.807) is 18.4 Å². The van der Waals surface area contributed by atoms with Gasteiger partial charge in [-0.15, -0.1) is 16.4 Å². The lowest BCUT2D eigenvalue weighted by molar-refractivity contribution is 0.148. The largest absolute Gasteiger partial charge is 0.383 e. The molecule has 0 bridgehead atoms. The molecule has 4 rings (SSSR count). The monoisotopic (exact) mass is 480 g/mol. The Bertz CT molecular complexity index is 1250. The summed E-state index contributed by atoms with van der Waals surface area (Å²) in [5.74, 6) is 0.806. The molecule has 1 N–H and O–H groups in total. The summed E-state index contributed by atoms with van der Waals surface area (Å²) in [4.78, 5) is 19.7. The normalized spacial score (nSPS) is 12.6. The first kappa shape index (κ1) is 24.3. The maximum Gasteiger partial charge on any atom is 0.252 e. The SMILES string of the molecule is CCC[C@@H](c1nnnn1CCOC)N(Cc1cccs1)Cc1cc2cc(CC)ccc2[nH]c1=O. The minimum absolute atomic E-state index is 0.0315. The molecular weight excluding hydrogens is 448 g/mol. The van der Waals surface area contributed by atoms with E-state index in [-0.39, 0.29) is 11.6 Å². The van der Waals surface area contributed by atoms with Gasteiger partial charge in [0.1, 0.15) is 0 Å². The molecule has 0 aliphatic rings. The molecule has 1 aromatic carbocycles. The molecule has 0 aliphatic carbocycles. The zero-order chi connectivity index (χ0) is 23.9. The minimum Gasteiger partial charge on any atom is -0.383 e. The Hall–Kier alpha value is -2.88. The fraction of sp³-hybridized carbons (Fsp3) is 0.440. The molecule has 34 heavy (non-hydrogen) atoms. The molecule has 0 radical (unpaired) electrons. The maximum absolute atomic E-state index is 13.1. The zero-order valence-electron chi connectivity index (χ0n) is 20.0. The van der Waals surface area contributed by atoms with Crippen LogP contribution < -0.4 is 5.56 Å². The van der Waals surface area contributed by atoms with Gasteiger partial charge in [-0.25, -0.2) is 4.68 Å². The Morgan fingerprint density at radius 3 is 2.82 bits per heavy atom. The molecule has 4 aromatic rings. The van der Waals surface area contributed by atoms with Crippen LogP contribution >= 0.6 is 11.3 Å². The Morgan fingerprint density at radius 1 is 1.21 bits per heavy atom. The van der Waals surface area contributed by atoms with Gasteiger partial charge in [0.2, 0.25) is 0 Å². The lowest BCUT2D eigenvalue weighted by atomic mass is 10.1. The number of H-pyrrole nitrogens is 1. The summed E-state index contributed by atoms with van der Waals surface area (Å²) in [6, 6.07) is 12.4. The van der Waals surface area contributed by atoms with Crippen LogP contribution in [-0.2, 0) is 30.8 Å². The minimum atomic E-state index is -0.0536. The molecule has 3 heterocycles. The van der Waals surface area contributed by atoms with Gasteiger partial charge >= 0.3 is 0 Å². The number of thiophene rings is 1. The Kier molecular flexibility index (Phi) is 8.21. The number of aromatic nitrogens is 5. The summed E-state index contributed by atoms with van der Waals surface area (Å²) in [6.45, 7) is 6.63. The molecular formula is C25H32N6O2S. The third kappa shape index (κ3) is 5.60. The second-order valence-corrected chi connectivity index (χ2v) is 9.47. The summed E-state index contributed by atoms with van der Waals surface area (Å²) in [6.07, 6.45) is 2.80. The van der Waals surface area contributed by atoms with Gasteiger partial charge < -0.3 is 9.72 Å². The quantitative estimate of drug-likeness (QED) is 0.325. The molecule has 9 heteroatoms. The van der Waals surface area contributed by atoms with E-state index in [0.717, 1.165) is 41.6 Å². The number of methoxy groups -OCH3 is 1. The lowest BCUT2D eigenvalue weighted by Crippen LogP contribution is -2.32. The number of ether oxygens (including phenoxy) is 1. The maximum atomic E-state index is 13.1. The molecule has 0 aliphatic heterocycles. The van der Waals surface area contributed by atoms with Crippen molar-refractivity contribution in [1.29, 1.82) is 0 Å². The Labute approximate surface area is 203 Å². The predicted octanol–water partition coefficient (Wildman–Crippen LogP) is 4.33. The highest BCUT2D eigenvalue weighted by molar-refractivity contribution is 7.09. The van der Waals surface area contributed by atoms with E-state index in [4.69, 9.17) is 4.74 Å². The number of aromatic amines is 1. The molecule has 0 unspecified atom stereocenters. The Balaban J connectivity index is 1.72. The number of pyridine rings is 1. The highest BCUT2D eigenvalue weighted by atomic mass is 32.1. The number of hydrogen-bond donors (Lipinski definition) is 1. The summed E-state index contributed by atoms with van der Waals surface area (Å²) in [5.41, 5.74) is 2.81. The van der Waals surface area contributed by atoms with E-state index in [1.807, 2.05) is 16.8 Å². The van der Waals surface area contributed by atoms with Crippen molar-refractivity contribution < 1.29 is 4.74 Å². The van der Waals surface area contributed by atoms with Crippen LogP contribution in [0.15, 0.2) is 46.6 Å². The van der Waals surface area contributed by atoms with Gasteiger partial charge in [-0.3, -0.25) is 9.69 Å². The van der Waals surface area contributed by atoms with Crippen molar-refractivity contribution in [3.8, 4) is 0 Å². The average Bonchev–Trinajstić information content (AvgIpc) is 3.53. The van der Waals surface area contributed by atoms with Crippen molar-refractivity contribution in [3.05, 3.63) is 74.0 Å². The molecule has 0 saturated carbocycles. The fourth-order valence-corrected chi connectivity index (χ4v) is 5.00. The first-order chi connectivity index (χ1) is 16.6. The molecule has 8 nitrogen and oxygen atoms in total. The van der Waals surface area contributed by atoms with E-state index >= 15 is 0 Å². The molecule has 3 aromatic heterocycles. The van der Waals surface area contributed by atoms with Crippen molar-refractivity contribution >= 4 is 22.2 Å². The van der Waals surface area contributed by atoms with E-state index in [2.05, 4.69) is 68.9 Å². The van der Waals surface area contributed by atoms with Crippen LogP contribution in [0.3, 0.4) is 0 Å². The summed E-state index contributed by atoms with van der Waals surface area (Å²) in [5, 5.41) is 15.7. The number of nitrogens with one attached hydrogen (secondary N) is 1. The molecule has 0 saturated heterocycles. The number of fused-ring (bicyclic) bond motifs is 1. The van der Waals surface area contributed by atoms with Gasteiger partial charge in [-0.2, -0.15) is 0 Å². The van der Waals surface area contributed by atoms with E-state index in [9.17, 15) is 4.79 Å². The third-order valence-electron chi connectivity index (χ3n) is 6.07. The fourth-order valence-electron chi connectivity index (χ4n) is 4.27. The number of aryl methyl sites for hydroxylation is 1. The molecule has 0 amide bonds. The molecule has 0 fully saturated rings. The van der Waals surface area contributed by atoms with Crippen LogP contribution in [0.5, 0.6) is 0 Å². The zero-order valence-corrected chi connectivity index (χ0v) is 20.8. The lowest BCUT2D eigenvalue weighted by Gasteiger charge is -2.30. The van der Waals surface area contributed by atoms with Crippen LogP contribution in [0.25, 0.3) is 10.9 Å². The van der Waals surface area contributed by atoms with Crippen molar-refractivity contribution in [1.82, 2.24) is 30.1 Å². The van der Waals surface area contributed by atoms with Gasteiger partial charge in [-0.05, 0) is 63.9 Å². The molecule has 180 valence electrons. The Morgan fingerprint density at radius 2 is 2.09 bits per heavy atom. The smallest absolute Gasteiger partial charge is 0.252 e. The first-order valence-corrected chi connectivity index (χ1v) is 12.7. The topological polar surface area (TPSA) is 88.9 Å². The first-order valence-electron chi connectivity index (χ1n) is 11.8. The van der Waals surface area contributed by atoms with Crippen molar-refractivity contribution in [3.63, 3.8) is 0 Å². The predicted molar refractivity (Wildman–Crippen MR) is 135 cm³/mol. The number of nitrogens with zero attached hydrogens (tertiary/aromatic N) is 5. The summed E-state index contributed by atoms with van der Waals surface area (Å²) >= 11 is 1.72. The van der Waals surface area contributed by atoms with Crippen LogP contribution in [0.1, 0.15) is 54.6 Å². The standard InChI is InChI=1S/C25H32N6O2S/c1-4-7-23(24-27-28-29-31(24)11-12-33-3)30(17-21-8-6-13-34-21)16-20-15-19-14-18(5-2)9-10-22(19)26-25(20)32/h6,8-10,13-15,23H,4-5,7,11-12,16-17H2,1-3H3,(H,26,32)/t23-/m0/s1. The molecule has 0 spiro atoms. The third-order valence-corrected chi connectivity index (χ3v) is 6.94. The van der Waals surface area contributed by atoms with Crippen LogP contribution in [0.2, 0.25) is 0 Å². The van der Waals surface area contributed by atoms with Crippen molar-refractivity contribution in [2.24, 2.45) is 0 Å².